The van der Waals surface area contributed by atoms with Crippen molar-refractivity contribution in [1.29, 1.82) is 0 Å². The van der Waals surface area contributed by atoms with Crippen molar-refractivity contribution in [2.75, 3.05) is 36.5 Å². The number of hydrogen-bond donors (Lipinski definition) is 1. The summed E-state index contributed by atoms with van der Waals surface area (Å²) in [5, 5.41) is 3.60. The number of nitrogens with zero attached hydrogens (tertiary/aromatic N) is 1. The Balaban J connectivity index is 1.74. The second-order valence-corrected chi connectivity index (χ2v) is 10.1. The topological polar surface area (TPSA) is 75.7 Å². The zero-order chi connectivity index (χ0) is 22.0. The van der Waals surface area contributed by atoms with Crippen LogP contribution < -0.4 is 14.4 Å². The summed E-state index contributed by atoms with van der Waals surface area (Å²) in [4.78, 5) is 12.1. The van der Waals surface area contributed by atoms with Crippen LogP contribution in [0.15, 0.2) is 48.5 Å². The molecule has 30 heavy (non-hydrogen) atoms. The van der Waals surface area contributed by atoms with Crippen LogP contribution in [-0.4, -0.2) is 46.5 Å². The van der Waals surface area contributed by atoms with Gasteiger partial charge in [0.15, 0.2) is 0 Å². The molecule has 2 aromatic carbocycles. The van der Waals surface area contributed by atoms with Crippen molar-refractivity contribution < 1.29 is 17.9 Å². The molecule has 1 N–H and O–H groups in total. The number of rotatable bonds is 12. The lowest BCUT2D eigenvalue weighted by Crippen LogP contribution is -2.32. The van der Waals surface area contributed by atoms with Crippen LogP contribution >= 0.6 is 23.4 Å². The molecule has 0 atom stereocenters. The smallest absolute Gasteiger partial charge is 0.232 e. The van der Waals surface area contributed by atoms with Crippen LogP contribution in [0.2, 0.25) is 5.02 Å². The summed E-state index contributed by atoms with van der Waals surface area (Å²) in [6.07, 6.45) is 1.81. The molecule has 0 heterocycles. The lowest BCUT2D eigenvalue weighted by Gasteiger charge is -2.24. The van der Waals surface area contributed by atoms with E-state index in [4.69, 9.17) is 16.3 Å². The largest absolute Gasteiger partial charge is 0.495 e. The van der Waals surface area contributed by atoms with Gasteiger partial charge in [-0.05, 0) is 36.2 Å². The van der Waals surface area contributed by atoms with E-state index in [0.29, 0.717) is 24.4 Å². The van der Waals surface area contributed by atoms with Gasteiger partial charge in [0.1, 0.15) is 5.75 Å². The summed E-state index contributed by atoms with van der Waals surface area (Å²) in [6.45, 7) is 0.766. The molecule has 1 amide bonds. The average Bonchev–Trinajstić information content (AvgIpc) is 2.70. The van der Waals surface area contributed by atoms with Gasteiger partial charge in [0.2, 0.25) is 15.9 Å². The molecule has 0 aliphatic carbocycles. The highest BCUT2D eigenvalue weighted by Gasteiger charge is 2.20. The third-order valence-electron chi connectivity index (χ3n) is 4.25. The van der Waals surface area contributed by atoms with E-state index >= 15 is 0 Å². The van der Waals surface area contributed by atoms with E-state index in [-0.39, 0.29) is 18.9 Å². The van der Waals surface area contributed by atoms with Gasteiger partial charge in [-0.1, -0.05) is 35.9 Å². The summed E-state index contributed by atoms with van der Waals surface area (Å²) in [6, 6.07) is 14.7. The van der Waals surface area contributed by atoms with E-state index in [1.807, 2.05) is 24.3 Å². The lowest BCUT2D eigenvalue weighted by molar-refractivity contribution is -0.121. The average molecular weight is 471 g/mol. The van der Waals surface area contributed by atoms with Crippen LogP contribution in [0.5, 0.6) is 5.75 Å². The van der Waals surface area contributed by atoms with Crippen molar-refractivity contribution in [3.05, 3.63) is 59.1 Å². The third kappa shape index (κ3) is 8.08. The number of halogens is 1. The number of anilines is 1. The zero-order valence-corrected chi connectivity index (χ0v) is 19.5. The molecule has 2 rings (SSSR count). The van der Waals surface area contributed by atoms with Crippen molar-refractivity contribution in [2.45, 2.75) is 18.6 Å². The Kier molecular flexibility index (Phi) is 9.81. The van der Waals surface area contributed by atoms with Crippen LogP contribution in [0.3, 0.4) is 0 Å². The van der Waals surface area contributed by atoms with Crippen LogP contribution in [0, 0.1) is 0 Å². The van der Waals surface area contributed by atoms with Gasteiger partial charge in [0.05, 0.1) is 19.1 Å². The number of carbonyl (C=O) groups excluding carboxylic acids is 1. The maximum absolute atomic E-state index is 12.2. The Labute approximate surface area is 188 Å². The van der Waals surface area contributed by atoms with Crippen molar-refractivity contribution in [3.8, 4) is 5.75 Å². The van der Waals surface area contributed by atoms with Gasteiger partial charge in [0, 0.05) is 36.0 Å². The van der Waals surface area contributed by atoms with Gasteiger partial charge < -0.3 is 10.1 Å². The van der Waals surface area contributed by atoms with Crippen LogP contribution in [0.4, 0.5) is 5.69 Å². The van der Waals surface area contributed by atoms with Gasteiger partial charge in [0.25, 0.3) is 0 Å². The number of amides is 1. The highest BCUT2D eigenvalue weighted by molar-refractivity contribution is 7.98. The minimum absolute atomic E-state index is 0.0909. The normalized spacial score (nSPS) is 11.2. The molecule has 0 bridgehead atoms. The summed E-state index contributed by atoms with van der Waals surface area (Å²) in [5.74, 6) is 2.00. The number of benzene rings is 2. The van der Waals surface area contributed by atoms with E-state index in [2.05, 4.69) is 5.32 Å². The van der Waals surface area contributed by atoms with Crippen molar-refractivity contribution in [3.63, 3.8) is 0 Å². The van der Waals surface area contributed by atoms with Gasteiger partial charge in [-0.25, -0.2) is 8.42 Å². The highest BCUT2D eigenvalue weighted by Crippen LogP contribution is 2.29. The van der Waals surface area contributed by atoms with Gasteiger partial charge in [-0.15, -0.1) is 0 Å². The fourth-order valence-corrected chi connectivity index (χ4v) is 4.84. The van der Waals surface area contributed by atoms with Crippen LogP contribution in [-0.2, 0) is 20.6 Å². The maximum Gasteiger partial charge on any atom is 0.232 e. The molecule has 0 saturated heterocycles. The Morgan fingerprint density at radius 3 is 2.67 bits per heavy atom. The first-order chi connectivity index (χ1) is 14.3. The molecule has 0 aromatic heterocycles. The number of methoxy groups -OCH3 is 1. The second-order valence-electron chi connectivity index (χ2n) is 6.64. The first kappa shape index (κ1) is 24.4. The molecule has 0 unspecified atom stereocenters. The molecule has 0 aliphatic rings. The molecule has 0 spiro atoms. The van der Waals surface area contributed by atoms with Gasteiger partial charge in [-0.2, -0.15) is 11.8 Å². The number of hydrogen-bond acceptors (Lipinski definition) is 5. The van der Waals surface area contributed by atoms with E-state index < -0.39 is 10.0 Å². The Hall–Kier alpha value is -1.90. The van der Waals surface area contributed by atoms with Gasteiger partial charge in [-0.3, -0.25) is 9.10 Å². The van der Waals surface area contributed by atoms with E-state index in [0.717, 1.165) is 28.3 Å². The number of nitrogens with one attached hydrogen (secondary N) is 1. The van der Waals surface area contributed by atoms with Gasteiger partial charge >= 0.3 is 0 Å². The monoisotopic (exact) mass is 470 g/mol. The first-order valence-corrected chi connectivity index (χ1v) is 12.9. The first-order valence-electron chi connectivity index (χ1n) is 9.51. The van der Waals surface area contributed by atoms with Crippen LogP contribution in [0.1, 0.15) is 18.4 Å². The lowest BCUT2D eigenvalue weighted by atomic mass is 10.2. The number of thioether (sulfide) groups is 1. The Morgan fingerprint density at radius 1 is 1.20 bits per heavy atom. The molecule has 0 aliphatic heterocycles. The maximum atomic E-state index is 12.2. The Bertz CT molecular complexity index is 938. The predicted molar refractivity (Wildman–Crippen MR) is 125 cm³/mol. The number of carbonyl (C=O) groups is 1. The molecule has 0 radical (unpaired) electrons. The highest BCUT2D eigenvalue weighted by atomic mass is 35.5. The summed E-state index contributed by atoms with van der Waals surface area (Å²) < 4.78 is 31.0. The van der Waals surface area contributed by atoms with E-state index in [9.17, 15) is 13.2 Å². The molecule has 2 aromatic rings. The summed E-state index contributed by atoms with van der Waals surface area (Å²) in [7, 11) is -2.00. The molecule has 0 saturated carbocycles. The van der Waals surface area contributed by atoms with E-state index in [1.54, 1.807) is 36.0 Å². The minimum Gasteiger partial charge on any atom is -0.495 e. The summed E-state index contributed by atoms with van der Waals surface area (Å²) >= 11 is 7.68. The van der Waals surface area contributed by atoms with Crippen molar-refractivity contribution >= 4 is 45.0 Å². The van der Waals surface area contributed by atoms with Crippen LogP contribution in [0.25, 0.3) is 0 Å². The van der Waals surface area contributed by atoms with E-state index in [1.165, 1.54) is 11.4 Å². The standard InChI is InChI=1S/C21H27ClN2O4S2/c1-28-20-10-4-3-9-19(20)24(30(2,26)27)13-6-11-21(25)23-12-14-29-16-17-7-5-8-18(22)15-17/h3-5,7-10,15H,6,11-14,16H2,1-2H3,(H,23,25). The SMILES string of the molecule is COc1ccccc1N(CCCC(=O)NCCSCc1cccc(Cl)c1)S(C)(=O)=O. The molecule has 6 nitrogen and oxygen atoms in total. The number of ether oxygens (including phenoxy) is 1. The number of sulfonamides is 1. The van der Waals surface area contributed by atoms with Crippen molar-refractivity contribution in [2.24, 2.45) is 0 Å². The third-order valence-corrected chi connectivity index (χ3v) is 6.69. The Morgan fingerprint density at radius 2 is 1.97 bits per heavy atom. The molecule has 164 valence electrons. The fraction of sp³-hybridized carbons (Fsp3) is 0.381. The predicted octanol–water partition coefficient (Wildman–Crippen LogP) is 3.94. The molecule has 0 fully saturated rings. The quantitative estimate of drug-likeness (QED) is 0.475. The fourth-order valence-electron chi connectivity index (χ4n) is 2.85. The molecular weight excluding hydrogens is 444 g/mol. The molecule has 9 heteroatoms. The zero-order valence-electron chi connectivity index (χ0n) is 17.1. The number of para-hydroxylation sites is 2. The summed E-state index contributed by atoms with van der Waals surface area (Å²) in [5.41, 5.74) is 1.62. The second kappa shape index (κ2) is 12.1. The minimum atomic E-state index is -3.49. The molecular formula is C21H27ClN2O4S2. The van der Waals surface area contributed by atoms with Crippen molar-refractivity contribution in [1.82, 2.24) is 5.32 Å².